The van der Waals surface area contributed by atoms with E-state index in [1.165, 1.54) is 12.0 Å². The number of likely N-dealkylation sites (tertiary alicyclic amines) is 1. The number of rotatable bonds is 7. The van der Waals surface area contributed by atoms with E-state index in [-0.39, 0.29) is 12.6 Å². The van der Waals surface area contributed by atoms with Crippen molar-refractivity contribution < 1.29 is 24.1 Å². The summed E-state index contributed by atoms with van der Waals surface area (Å²) in [7, 11) is 6.61. The zero-order valence-corrected chi connectivity index (χ0v) is 18.7. The lowest BCUT2D eigenvalue weighted by Gasteiger charge is -2.35. The topological polar surface area (TPSA) is 60.4 Å². The van der Waals surface area contributed by atoms with E-state index in [1.54, 1.807) is 28.4 Å². The Kier molecular flexibility index (Phi) is 6.39. The van der Waals surface area contributed by atoms with E-state index in [4.69, 9.17) is 18.9 Å². The maximum absolute atomic E-state index is 9.89. The summed E-state index contributed by atoms with van der Waals surface area (Å²) in [6.45, 7) is 1.94. The van der Waals surface area contributed by atoms with Gasteiger partial charge >= 0.3 is 0 Å². The van der Waals surface area contributed by atoms with E-state index in [0.717, 1.165) is 47.5 Å². The number of hydrogen-bond acceptors (Lipinski definition) is 6. The van der Waals surface area contributed by atoms with Crippen LogP contribution in [0.25, 0.3) is 21.5 Å². The number of hydrogen-bond donors (Lipinski definition) is 1. The molecule has 1 aliphatic heterocycles. The van der Waals surface area contributed by atoms with Gasteiger partial charge in [-0.05, 0) is 76.8 Å². The molecule has 0 aliphatic carbocycles. The quantitative estimate of drug-likeness (QED) is 0.567. The first-order valence-electron chi connectivity index (χ1n) is 10.7. The molecule has 3 aromatic rings. The molecule has 0 amide bonds. The molecule has 6 heteroatoms. The Bertz CT molecular complexity index is 1080. The van der Waals surface area contributed by atoms with E-state index in [1.807, 2.05) is 18.2 Å². The lowest BCUT2D eigenvalue weighted by Crippen LogP contribution is -2.41. The number of aliphatic hydroxyl groups excluding tert-OH is 1. The van der Waals surface area contributed by atoms with Crippen LogP contribution in [0.15, 0.2) is 30.3 Å². The molecule has 0 saturated carbocycles. The van der Waals surface area contributed by atoms with Crippen molar-refractivity contribution in [2.45, 2.75) is 31.8 Å². The zero-order chi connectivity index (χ0) is 22.0. The number of aliphatic hydroxyl groups is 1. The highest BCUT2D eigenvalue weighted by atomic mass is 16.5. The summed E-state index contributed by atoms with van der Waals surface area (Å²) in [5.74, 6) is 2.78. The Balaban J connectivity index is 1.96. The number of piperidine rings is 1. The maximum atomic E-state index is 9.89. The van der Waals surface area contributed by atoms with E-state index >= 15 is 0 Å². The molecule has 0 aromatic heterocycles. The third-order valence-corrected chi connectivity index (χ3v) is 6.38. The van der Waals surface area contributed by atoms with Crippen molar-refractivity contribution in [1.29, 1.82) is 0 Å². The molecule has 4 rings (SSSR count). The first-order chi connectivity index (χ1) is 15.1. The Morgan fingerprint density at radius 2 is 1.35 bits per heavy atom. The van der Waals surface area contributed by atoms with Crippen LogP contribution in [0.3, 0.4) is 0 Å². The monoisotopic (exact) mass is 425 g/mol. The summed E-state index contributed by atoms with van der Waals surface area (Å²) in [5, 5.41) is 14.2. The first kappa shape index (κ1) is 21.5. The molecular weight excluding hydrogens is 394 g/mol. The standard InChI is InChI=1S/C25H31NO5/c1-28-22-10-16-9-17(14-26-8-6-5-7-18(26)15-27)20-12-24(30-3)25(31-4)13-21(20)19(16)11-23(22)29-2/h9-13,18,27H,5-8,14-15H2,1-4H3. The third-order valence-electron chi connectivity index (χ3n) is 6.38. The van der Waals surface area contributed by atoms with Gasteiger partial charge in [0.05, 0.1) is 35.0 Å². The highest BCUT2D eigenvalue weighted by Crippen LogP contribution is 2.41. The van der Waals surface area contributed by atoms with E-state index in [9.17, 15) is 5.11 Å². The number of benzene rings is 3. The maximum Gasteiger partial charge on any atom is 0.161 e. The number of methoxy groups -OCH3 is 4. The van der Waals surface area contributed by atoms with Crippen molar-refractivity contribution in [3.63, 3.8) is 0 Å². The molecular formula is C25H31NO5. The Hall–Kier alpha value is -2.70. The second-order valence-electron chi connectivity index (χ2n) is 8.02. The highest BCUT2D eigenvalue weighted by Gasteiger charge is 2.23. The van der Waals surface area contributed by atoms with E-state index in [0.29, 0.717) is 23.0 Å². The fraction of sp³-hybridized carbons (Fsp3) is 0.440. The number of ether oxygens (including phenoxy) is 4. The van der Waals surface area contributed by atoms with Gasteiger partial charge < -0.3 is 24.1 Å². The normalized spacial score (nSPS) is 17.1. The zero-order valence-electron chi connectivity index (χ0n) is 18.7. The predicted octanol–water partition coefficient (Wildman–Crippen LogP) is 4.37. The van der Waals surface area contributed by atoms with Crippen molar-refractivity contribution in [2.75, 3.05) is 41.6 Å². The average Bonchev–Trinajstić information content (AvgIpc) is 2.82. The lowest BCUT2D eigenvalue weighted by atomic mass is 9.94. The fourth-order valence-electron chi connectivity index (χ4n) is 4.70. The Morgan fingerprint density at radius 3 is 1.97 bits per heavy atom. The molecule has 1 unspecified atom stereocenters. The summed E-state index contributed by atoms with van der Waals surface area (Å²) in [5.41, 5.74) is 1.19. The summed E-state index contributed by atoms with van der Waals surface area (Å²) in [6.07, 6.45) is 3.36. The molecule has 1 saturated heterocycles. The molecule has 6 nitrogen and oxygen atoms in total. The van der Waals surface area contributed by atoms with Crippen LogP contribution >= 0.6 is 0 Å². The van der Waals surface area contributed by atoms with Crippen molar-refractivity contribution in [3.8, 4) is 23.0 Å². The van der Waals surface area contributed by atoms with Crippen LogP contribution in [0.2, 0.25) is 0 Å². The third kappa shape index (κ3) is 3.98. The molecule has 0 spiro atoms. The predicted molar refractivity (Wildman–Crippen MR) is 123 cm³/mol. The van der Waals surface area contributed by atoms with Gasteiger partial charge in [0, 0.05) is 12.6 Å². The summed E-state index contributed by atoms with van der Waals surface area (Å²) >= 11 is 0. The highest BCUT2D eigenvalue weighted by molar-refractivity contribution is 6.11. The van der Waals surface area contributed by atoms with Crippen molar-refractivity contribution in [1.82, 2.24) is 4.90 Å². The van der Waals surface area contributed by atoms with Crippen molar-refractivity contribution in [3.05, 3.63) is 35.9 Å². The summed E-state index contributed by atoms with van der Waals surface area (Å²) < 4.78 is 22.3. The molecule has 1 atom stereocenters. The minimum absolute atomic E-state index is 0.188. The van der Waals surface area contributed by atoms with Crippen LogP contribution in [0, 0.1) is 0 Å². The van der Waals surface area contributed by atoms with Crippen LogP contribution in [0.1, 0.15) is 24.8 Å². The van der Waals surface area contributed by atoms with Gasteiger partial charge in [0.15, 0.2) is 23.0 Å². The van der Waals surface area contributed by atoms with Crippen LogP contribution in [0.5, 0.6) is 23.0 Å². The van der Waals surface area contributed by atoms with Crippen molar-refractivity contribution in [2.24, 2.45) is 0 Å². The van der Waals surface area contributed by atoms with Gasteiger partial charge in [-0.2, -0.15) is 0 Å². The van der Waals surface area contributed by atoms with Crippen LogP contribution < -0.4 is 18.9 Å². The lowest BCUT2D eigenvalue weighted by molar-refractivity contribution is 0.0845. The average molecular weight is 426 g/mol. The van der Waals surface area contributed by atoms with Gasteiger partial charge in [-0.1, -0.05) is 6.42 Å². The second-order valence-corrected chi connectivity index (χ2v) is 8.02. The minimum atomic E-state index is 0.188. The summed E-state index contributed by atoms with van der Waals surface area (Å²) in [6, 6.07) is 10.5. The fourth-order valence-corrected chi connectivity index (χ4v) is 4.70. The Labute approximate surface area is 183 Å². The van der Waals surface area contributed by atoms with Gasteiger partial charge in [-0.3, -0.25) is 4.90 Å². The molecule has 1 N–H and O–H groups in total. The minimum Gasteiger partial charge on any atom is -0.493 e. The molecule has 1 aliphatic rings. The van der Waals surface area contributed by atoms with Crippen molar-refractivity contribution >= 4 is 21.5 Å². The largest absolute Gasteiger partial charge is 0.493 e. The molecule has 1 fully saturated rings. The van der Waals surface area contributed by atoms with Gasteiger partial charge in [0.1, 0.15) is 0 Å². The van der Waals surface area contributed by atoms with Gasteiger partial charge in [-0.25, -0.2) is 0 Å². The SMILES string of the molecule is COc1cc2cc(CN3CCCCC3CO)c3cc(OC)c(OC)cc3c2cc1OC. The molecule has 1 heterocycles. The molecule has 3 aromatic carbocycles. The molecule has 0 bridgehead atoms. The van der Waals surface area contributed by atoms with Gasteiger partial charge in [0.25, 0.3) is 0 Å². The molecule has 166 valence electrons. The summed E-state index contributed by atoms with van der Waals surface area (Å²) in [4.78, 5) is 2.39. The molecule has 31 heavy (non-hydrogen) atoms. The first-order valence-corrected chi connectivity index (χ1v) is 10.7. The smallest absolute Gasteiger partial charge is 0.161 e. The number of fused-ring (bicyclic) bond motifs is 3. The Morgan fingerprint density at radius 1 is 0.774 bits per heavy atom. The van der Waals surface area contributed by atoms with Gasteiger partial charge in [0.2, 0.25) is 0 Å². The van der Waals surface area contributed by atoms with Crippen LogP contribution in [0.4, 0.5) is 0 Å². The number of nitrogens with zero attached hydrogens (tertiary/aromatic N) is 1. The van der Waals surface area contributed by atoms with Crippen LogP contribution in [-0.2, 0) is 6.54 Å². The van der Waals surface area contributed by atoms with Gasteiger partial charge in [-0.15, -0.1) is 0 Å². The molecule has 0 radical (unpaired) electrons. The van der Waals surface area contributed by atoms with Crippen LogP contribution in [-0.4, -0.2) is 57.6 Å². The second kappa shape index (κ2) is 9.20. The van der Waals surface area contributed by atoms with E-state index in [2.05, 4.69) is 17.0 Å². The van der Waals surface area contributed by atoms with E-state index < -0.39 is 0 Å².